The van der Waals surface area contributed by atoms with Crippen LogP contribution >= 0.6 is 0 Å². The third-order valence-electron chi connectivity index (χ3n) is 4.24. The third-order valence-corrected chi connectivity index (χ3v) is 4.24. The van der Waals surface area contributed by atoms with E-state index in [0.29, 0.717) is 6.54 Å². The summed E-state index contributed by atoms with van der Waals surface area (Å²) in [5.41, 5.74) is 3.95. The lowest BCUT2D eigenvalue weighted by Crippen LogP contribution is -2.36. The van der Waals surface area contributed by atoms with Crippen molar-refractivity contribution in [3.63, 3.8) is 0 Å². The summed E-state index contributed by atoms with van der Waals surface area (Å²) in [4.78, 5) is 12.8. The van der Waals surface area contributed by atoms with Gasteiger partial charge >= 0.3 is 5.97 Å². The topological polar surface area (TPSA) is 45.5 Å². The van der Waals surface area contributed by atoms with E-state index in [1.807, 2.05) is 4.90 Å². The Balaban J connectivity index is 1.97. The molecule has 2 heterocycles. The fourth-order valence-electron chi connectivity index (χ4n) is 3.07. The molecule has 0 fully saturated rings. The molecule has 0 amide bonds. The molecule has 0 bridgehead atoms. The van der Waals surface area contributed by atoms with Crippen molar-refractivity contribution in [3.8, 4) is 0 Å². The summed E-state index contributed by atoms with van der Waals surface area (Å²) in [7, 11) is 0. The molecule has 1 aliphatic heterocycles. The minimum Gasteiger partial charge on any atom is -0.480 e. The lowest BCUT2D eigenvalue weighted by Gasteiger charge is -2.27. The van der Waals surface area contributed by atoms with Crippen molar-refractivity contribution in [1.29, 1.82) is 0 Å². The van der Waals surface area contributed by atoms with Gasteiger partial charge in [-0.15, -0.1) is 0 Å². The van der Waals surface area contributed by atoms with E-state index in [2.05, 4.69) is 49.6 Å². The van der Waals surface area contributed by atoms with Gasteiger partial charge in [0, 0.05) is 36.2 Å². The zero-order valence-electron chi connectivity index (χ0n) is 12.9. The molecule has 112 valence electrons. The number of hydrogen-bond acceptors (Lipinski definition) is 2. The van der Waals surface area contributed by atoms with E-state index in [4.69, 9.17) is 5.11 Å². The third kappa shape index (κ3) is 2.68. The Kier molecular flexibility index (Phi) is 3.29. The quantitative estimate of drug-likeness (QED) is 0.923. The SMILES string of the molecule is CC(C)(C)c1ccc2c(c1)cc1n2CCN(CC(=O)O)C1. The van der Waals surface area contributed by atoms with Crippen LogP contribution in [0, 0.1) is 0 Å². The fraction of sp³-hybridized carbons (Fsp3) is 0.471. The van der Waals surface area contributed by atoms with E-state index in [1.54, 1.807) is 0 Å². The van der Waals surface area contributed by atoms with Gasteiger partial charge in [0.2, 0.25) is 0 Å². The minimum atomic E-state index is -0.755. The Morgan fingerprint density at radius 3 is 2.67 bits per heavy atom. The van der Waals surface area contributed by atoms with Crippen molar-refractivity contribution in [2.24, 2.45) is 0 Å². The van der Waals surface area contributed by atoms with E-state index in [-0.39, 0.29) is 12.0 Å². The van der Waals surface area contributed by atoms with Crippen LogP contribution in [-0.4, -0.2) is 33.6 Å². The van der Waals surface area contributed by atoms with Crippen molar-refractivity contribution in [2.75, 3.05) is 13.1 Å². The van der Waals surface area contributed by atoms with E-state index in [9.17, 15) is 4.79 Å². The lowest BCUT2D eigenvalue weighted by atomic mass is 9.86. The molecule has 21 heavy (non-hydrogen) atoms. The molecular weight excluding hydrogens is 264 g/mol. The summed E-state index contributed by atoms with van der Waals surface area (Å²) in [6.07, 6.45) is 0. The molecule has 0 saturated heterocycles. The number of carbonyl (C=O) groups is 1. The van der Waals surface area contributed by atoms with Gasteiger partial charge in [-0.3, -0.25) is 9.69 Å². The molecule has 0 saturated carbocycles. The molecule has 0 radical (unpaired) electrons. The number of hydrogen-bond donors (Lipinski definition) is 1. The van der Waals surface area contributed by atoms with Gasteiger partial charge in [0.05, 0.1) is 6.54 Å². The van der Waals surface area contributed by atoms with Crippen molar-refractivity contribution in [3.05, 3.63) is 35.5 Å². The molecule has 1 aromatic carbocycles. The molecule has 4 nitrogen and oxygen atoms in total. The molecule has 3 rings (SSSR count). The van der Waals surface area contributed by atoms with Gasteiger partial charge in [-0.05, 0) is 29.2 Å². The normalized spacial score (nSPS) is 16.1. The number of rotatable bonds is 2. The van der Waals surface area contributed by atoms with Gasteiger partial charge in [0.1, 0.15) is 0 Å². The van der Waals surface area contributed by atoms with Gasteiger partial charge in [-0.1, -0.05) is 26.8 Å². The second-order valence-corrected chi connectivity index (χ2v) is 6.92. The average Bonchev–Trinajstić information content (AvgIpc) is 2.73. The first-order valence-electron chi connectivity index (χ1n) is 7.41. The standard InChI is InChI=1S/C17H22N2O2/c1-17(2,3)13-4-5-15-12(8-13)9-14-10-18(11-16(20)21)6-7-19(14)15/h4-5,8-9H,6-7,10-11H2,1-3H3,(H,20,21). The maximum Gasteiger partial charge on any atom is 0.317 e. The Hall–Kier alpha value is -1.81. The summed E-state index contributed by atoms with van der Waals surface area (Å²) in [6, 6.07) is 8.88. The van der Waals surface area contributed by atoms with Gasteiger partial charge in [-0.2, -0.15) is 0 Å². The molecule has 1 aromatic heterocycles. The molecule has 2 aromatic rings. The van der Waals surface area contributed by atoms with Crippen molar-refractivity contribution in [2.45, 2.75) is 39.3 Å². The first-order chi connectivity index (χ1) is 9.84. The minimum absolute atomic E-state index is 0.120. The summed E-state index contributed by atoms with van der Waals surface area (Å²) < 4.78 is 2.32. The van der Waals surface area contributed by atoms with E-state index in [0.717, 1.165) is 13.1 Å². The smallest absolute Gasteiger partial charge is 0.317 e. The van der Waals surface area contributed by atoms with Crippen LogP contribution in [0.25, 0.3) is 10.9 Å². The zero-order valence-corrected chi connectivity index (χ0v) is 12.9. The Morgan fingerprint density at radius 2 is 2.00 bits per heavy atom. The van der Waals surface area contributed by atoms with Gasteiger partial charge in [0.15, 0.2) is 0 Å². The zero-order chi connectivity index (χ0) is 15.2. The van der Waals surface area contributed by atoms with Crippen LogP contribution in [0.15, 0.2) is 24.3 Å². The number of nitrogens with zero attached hydrogens (tertiary/aromatic N) is 2. The molecule has 0 unspecified atom stereocenters. The van der Waals surface area contributed by atoms with Crippen LogP contribution in [0.4, 0.5) is 0 Å². The monoisotopic (exact) mass is 286 g/mol. The largest absolute Gasteiger partial charge is 0.480 e. The van der Waals surface area contributed by atoms with Crippen molar-refractivity contribution < 1.29 is 9.90 Å². The fourth-order valence-corrected chi connectivity index (χ4v) is 3.07. The molecule has 0 spiro atoms. The Morgan fingerprint density at radius 1 is 1.24 bits per heavy atom. The number of carboxylic acids is 1. The van der Waals surface area contributed by atoms with Crippen molar-refractivity contribution in [1.82, 2.24) is 9.47 Å². The maximum absolute atomic E-state index is 10.9. The highest BCUT2D eigenvalue weighted by Crippen LogP contribution is 2.29. The van der Waals surface area contributed by atoms with E-state index < -0.39 is 5.97 Å². The number of fused-ring (bicyclic) bond motifs is 3. The Labute approximate surface area is 125 Å². The van der Waals surface area contributed by atoms with Crippen LogP contribution in [-0.2, 0) is 23.3 Å². The van der Waals surface area contributed by atoms with E-state index in [1.165, 1.54) is 22.2 Å². The highest BCUT2D eigenvalue weighted by molar-refractivity contribution is 5.82. The molecule has 1 aliphatic rings. The molecule has 0 aliphatic carbocycles. The van der Waals surface area contributed by atoms with E-state index >= 15 is 0 Å². The van der Waals surface area contributed by atoms with Crippen LogP contribution in [0.3, 0.4) is 0 Å². The van der Waals surface area contributed by atoms with Crippen LogP contribution in [0.5, 0.6) is 0 Å². The predicted octanol–water partition coefficient (Wildman–Crippen LogP) is 2.84. The average molecular weight is 286 g/mol. The van der Waals surface area contributed by atoms with Gasteiger partial charge < -0.3 is 9.67 Å². The summed E-state index contributed by atoms with van der Waals surface area (Å²) in [6.45, 7) is 9.15. The van der Waals surface area contributed by atoms with Crippen LogP contribution < -0.4 is 0 Å². The molecular formula is C17H22N2O2. The number of aromatic nitrogens is 1. The molecule has 1 N–H and O–H groups in total. The lowest BCUT2D eigenvalue weighted by molar-refractivity contribution is -0.138. The van der Waals surface area contributed by atoms with Crippen LogP contribution in [0.1, 0.15) is 32.0 Å². The van der Waals surface area contributed by atoms with Crippen molar-refractivity contribution >= 4 is 16.9 Å². The summed E-state index contributed by atoms with van der Waals surface area (Å²) in [5, 5.41) is 10.2. The Bertz CT molecular complexity index is 695. The number of carboxylic acid groups (broad SMARTS) is 1. The second kappa shape index (κ2) is 4.88. The maximum atomic E-state index is 10.9. The summed E-state index contributed by atoms with van der Waals surface area (Å²) >= 11 is 0. The number of benzene rings is 1. The van der Waals surface area contributed by atoms with Gasteiger partial charge in [-0.25, -0.2) is 0 Å². The first-order valence-corrected chi connectivity index (χ1v) is 7.41. The molecule has 0 atom stereocenters. The molecule has 4 heteroatoms. The van der Waals surface area contributed by atoms with Crippen LogP contribution in [0.2, 0.25) is 0 Å². The predicted molar refractivity (Wildman–Crippen MR) is 83.6 cm³/mol. The second-order valence-electron chi connectivity index (χ2n) is 6.92. The highest BCUT2D eigenvalue weighted by atomic mass is 16.4. The van der Waals surface area contributed by atoms with Gasteiger partial charge in [0.25, 0.3) is 0 Å². The summed E-state index contributed by atoms with van der Waals surface area (Å²) in [5.74, 6) is -0.755. The number of aliphatic carboxylic acids is 1. The highest BCUT2D eigenvalue weighted by Gasteiger charge is 2.21. The first kappa shape index (κ1) is 14.1.